The van der Waals surface area contributed by atoms with E-state index in [1.807, 2.05) is 0 Å². The third kappa shape index (κ3) is 4.65. The van der Waals surface area contributed by atoms with E-state index >= 15 is 0 Å². The molecule has 0 spiro atoms. The molecule has 2 aromatic rings. The van der Waals surface area contributed by atoms with Gasteiger partial charge in [-0.15, -0.1) is 0 Å². The van der Waals surface area contributed by atoms with Gasteiger partial charge >= 0.3 is 0 Å². The first kappa shape index (κ1) is 27.5. The Balaban J connectivity index is 1.08. The molecule has 2 heterocycles. The molecule has 47 heavy (non-hydrogen) atoms. The first-order valence-corrected chi connectivity index (χ1v) is 17.9. The van der Waals surface area contributed by atoms with Crippen LogP contribution in [0.2, 0.25) is 0 Å². The summed E-state index contributed by atoms with van der Waals surface area (Å²) in [6, 6.07) is 7.10. The monoisotopic (exact) mass is 611 g/mol. The van der Waals surface area contributed by atoms with Gasteiger partial charge in [0.2, 0.25) is 0 Å². The number of allylic oxidation sites excluding steroid dienone is 18. The second-order valence-electron chi connectivity index (χ2n) is 14.4. The maximum atomic E-state index is 5.49. The molecule has 1 N–H and O–H groups in total. The molecule has 1 aromatic heterocycles. The largest absolute Gasteiger partial charge is 0.361 e. The van der Waals surface area contributed by atoms with E-state index in [2.05, 4.69) is 113 Å². The highest BCUT2D eigenvalue weighted by Gasteiger charge is 2.35. The van der Waals surface area contributed by atoms with E-state index in [-0.39, 0.29) is 6.17 Å². The SMILES string of the molecule is C1=CCC2C=CC(C3=Cc4nc5n(c4CC3)C(c3ccc4c(c3)=CCCC=4)NC3=C5CCC(C4=CC=C5C=CCCC5C4)=C3)=CC2=C1. The molecule has 3 nitrogen and oxygen atoms in total. The smallest absolute Gasteiger partial charge is 0.140 e. The lowest BCUT2D eigenvalue weighted by Gasteiger charge is -2.35. The standard InChI is InChI=1S/C44H41N3/c1-4-10-31-23-34(16-13-28(31)7-1)36-19-21-39-40(26-36)45-43(38-18-15-30-9-3-6-12-33(30)25-38)47-42-22-20-37(27-41(42)46-44(39)47)35-17-14-29-8-2-5-11-32(29)24-35/h1-2,5,7,9,11-18,24-27,29,31,43,45H,3-4,6,8,10,19-23H2. The number of imidazole rings is 1. The molecular weight excluding hydrogens is 571 g/mol. The predicted octanol–water partition coefficient (Wildman–Crippen LogP) is 8.37. The lowest BCUT2D eigenvalue weighted by Crippen LogP contribution is -2.37. The van der Waals surface area contributed by atoms with Gasteiger partial charge in [0.05, 0.1) is 5.69 Å². The number of benzene rings is 1. The molecular formula is C44H41N3. The number of nitrogens with one attached hydrogen (secondary N) is 1. The average molecular weight is 612 g/mol. The molecule has 0 bridgehead atoms. The number of fused-ring (bicyclic) bond motifs is 7. The van der Waals surface area contributed by atoms with Crippen LogP contribution in [0.1, 0.15) is 86.7 Å². The van der Waals surface area contributed by atoms with E-state index in [1.165, 1.54) is 91.5 Å². The van der Waals surface area contributed by atoms with E-state index in [1.54, 1.807) is 0 Å². The van der Waals surface area contributed by atoms with Crippen LogP contribution >= 0.6 is 0 Å². The van der Waals surface area contributed by atoms with Crippen LogP contribution in [0.15, 0.2) is 124 Å². The van der Waals surface area contributed by atoms with Crippen molar-refractivity contribution in [2.45, 2.75) is 70.4 Å². The molecule has 3 unspecified atom stereocenters. The van der Waals surface area contributed by atoms with Crippen molar-refractivity contribution in [3.8, 4) is 0 Å². The molecule has 10 rings (SSSR count). The summed E-state index contributed by atoms with van der Waals surface area (Å²) in [5.41, 5.74) is 15.2. The zero-order valence-electron chi connectivity index (χ0n) is 27.0. The molecule has 232 valence electrons. The van der Waals surface area contributed by atoms with Gasteiger partial charge in [-0.1, -0.05) is 85.0 Å². The topological polar surface area (TPSA) is 29.9 Å². The molecule has 0 amide bonds. The minimum atomic E-state index is 0.0234. The van der Waals surface area contributed by atoms with Gasteiger partial charge in [-0.3, -0.25) is 0 Å². The van der Waals surface area contributed by atoms with E-state index < -0.39 is 0 Å². The zero-order valence-corrected chi connectivity index (χ0v) is 27.0. The minimum absolute atomic E-state index is 0.0234. The fraction of sp³-hybridized carbons (Fsp3) is 0.295. The van der Waals surface area contributed by atoms with Gasteiger partial charge in [-0.25, -0.2) is 4.98 Å². The molecule has 3 atom stereocenters. The van der Waals surface area contributed by atoms with Crippen molar-refractivity contribution in [2.75, 3.05) is 0 Å². The van der Waals surface area contributed by atoms with E-state index in [9.17, 15) is 0 Å². The number of rotatable bonds is 3. The van der Waals surface area contributed by atoms with E-state index in [0.717, 1.165) is 50.6 Å². The summed E-state index contributed by atoms with van der Waals surface area (Å²) in [5.74, 6) is 2.36. The maximum Gasteiger partial charge on any atom is 0.140 e. The van der Waals surface area contributed by atoms with Crippen molar-refractivity contribution >= 4 is 23.8 Å². The highest BCUT2D eigenvalue weighted by molar-refractivity contribution is 5.75. The predicted molar refractivity (Wildman–Crippen MR) is 193 cm³/mol. The number of hydrogen-bond donors (Lipinski definition) is 1. The summed E-state index contributed by atoms with van der Waals surface area (Å²) < 4.78 is 2.56. The number of hydrogen-bond acceptors (Lipinski definition) is 2. The van der Waals surface area contributed by atoms with E-state index in [4.69, 9.17) is 4.98 Å². The van der Waals surface area contributed by atoms with Crippen molar-refractivity contribution in [2.24, 2.45) is 11.8 Å². The quantitative estimate of drug-likeness (QED) is 0.378. The summed E-state index contributed by atoms with van der Waals surface area (Å²) in [5, 5.41) is 6.83. The highest BCUT2D eigenvalue weighted by Crippen LogP contribution is 2.44. The third-order valence-electron chi connectivity index (χ3n) is 11.7. The Morgan fingerprint density at radius 1 is 0.787 bits per heavy atom. The fourth-order valence-electron chi connectivity index (χ4n) is 9.10. The second kappa shape index (κ2) is 11.0. The van der Waals surface area contributed by atoms with Gasteiger partial charge in [-0.05, 0) is 138 Å². The second-order valence-corrected chi connectivity index (χ2v) is 14.4. The zero-order chi connectivity index (χ0) is 30.9. The fourth-order valence-corrected chi connectivity index (χ4v) is 9.10. The van der Waals surface area contributed by atoms with Gasteiger partial charge in [-0.2, -0.15) is 0 Å². The van der Waals surface area contributed by atoms with Crippen molar-refractivity contribution in [1.29, 1.82) is 0 Å². The minimum Gasteiger partial charge on any atom is -0.361 e. The molecule has 0 fully saturated rings. The molecule has 0 saturated heterocycles. The van der Waals surface area contributed by atoms with Crippen LogP contribution in [0, 0.1) is 11.8 Å². The van der Waals surface area contributed by atoms with Gasteiger partial charge < -0.3 is 9.88 Å². The van der Waals surface area contributed by atoms with Crippen molar-refractivity contribution in [1.82, 2.24) is 14.9 Å². The summed E-state index contributed by atoms with van der Waals surface area (Å²) in [7, 11) is 0. The van der Waals surface area contributed by atoms with Gasteiger partial charge in [0, 0.05) is 22.9 Å². The summed E-state index contributed by atoms with van der Waals surface area (Å²) >= 11 is 0. The molecule has 1 aliphatic heterocycles. The summed E-state index contributed by atoms with van der Waals surface area (Å²) in [6.45, 7) is 0. The Kier molecular flexibility index (Phi) is 6.42. The van der Waals surface area contributed by atoms with Gasteiger partial charge in [0.15, 0.2) is 0 Å². The van der Waals surface area contributed by atoms with Crippen LogP contribution in [0.4, 0.5) is 0 Å². The number of nitrogens with zero attached hydrogens (tertiary/aromatic N) is 2. The van der Waals surface area contributed by atoms with Crippen molar-refractivity contribution in [3.63, 3.8) is 0 Å². The Bertz CT molecular complexity index is 2180. The van der Waals surface area contributed by atoms with Crippen LogP contribution in [-0.2, 0) is 6.42 Å². The Labute approximate surface area is 277 Å². The normalized spacial score (nSPS) is 26.6. The Morgan fingerprint density at radius 3 is 2.70 bits per heavy atom. The van der Waals surface area contributed by atoms with Gasteiger partial charge in [0.1, 0.15) is 12.0 Å². The van der Waals surface area contributed by atoms with E-state index in [0.29, 0.717) is 11.8 Å². The van der Waals surface area contributed by atoms with Crippen LogP contribution in [0.25, 0.3) is 23.8 Å². The molecule has 7 aliphatic carbocycles. The van der Waals surface area contributed by atoms with Crippen LogP contribution in [-0.4, -0.2) is 9.55 Å². The Hall–Kier alpha value is -4.63. The first-order chi connectivity index (χ1) is 23.2. The van der Waals surface area contributed by atoms with Gasteiger partial charge in [0.25, 0.3) is 0 Å². The van der Waals surface area contributed by atoms with Crippen LogP contribution in [0.3, 0.4) is 0 Å². The van der Waals surface area contributed by atoms with Crippen molar-refractivity contribution in [3.05, 3.63) is 157 Å². The number of aromatic nitrogens is 2. The highest BCUT2D eigenvalue weighted by atomic mass is 15.3. The summed E-state index contributed by atoms with van der Waals surface area (Å²) in [6.07, 6.45) is 44.3. The molecule has 1 aromatic carbocycles. The lowest BCUT2D eigenvalue weighted by molar-refractivity contribution is 0.479. The molecule has 8 aliphatic rings. The third-order valence-corrected chi connectivity index (χ3v) is 11.7. The first-order valence-electron chi connectivity index (χ1n) is 17.9. The summed E-state index contributed by atoms with van der Waals surface area (Å²) in [4.78, 5) is 5.49. The maximum absolute atomic E-state index is 5.49. The van der Waals surface area contributed by atoms with Crippen molar-refractivity contribution < 1.29 is 0 Å². The van der Waals surface area contributed by atoms with Crippen LogP contribution in [0.5, 0.6) is 0 Å². The lowest BCUT2D eigenvalue weighted by atomic mass is 9.77. The molecule has 3 heteroatoms. The van der Waals surface area contributed by atoms with Crippen LogP contribution < -0.4 is 15.8 Å². The Morgan fingerprint density at radius 2 is 1.72 bits per heavy atom. The molecule has 0 radical (unpaired) electrons. The molecule has 0 saturated carbocycles. The average Bonchev–Trinajstić information content (AvgIpc) is 3.53.